The predicted octanol–water partition coefficient (Wildman–Crippen LogP) is 3.83. The van der Waals surface area contributed by atoms with Gasteiger partial charge in [0.2, 0.25) is 0 Å². The molecule has 0 aromatic heterocycles. The van der Waals surface area contributed by atoms with E-state index in [1.54, 1.807) is 13.8 Å². The number of nitrogens with zero attached hydrogens (tertiary/aromatic N) is 3. The van der Waals surface area contributed by atoms with E-state index in [0.29, 0.717) is 12.5 Å². The van der Waals surface area contributed by atoms with E-state index < -0.39 is 11.6 Å². The third-order valence-corrected chi connectivity index (χ3v) is 5.42. The third-order valence-electron chi connectivity index (χ3n) is 5.42. The maximum Gasteiger partial charge on any atom is 0.166 e. The monoisotopic (exact) mass is 347 g/mol. The summed E-state index contributed by atoms with van der Waals surface area (Å²) < 4.78 is 0. The number of ketones is 1. The van der Waals surface area contributed by atoms with Gasteiger partial charge in [0, 0.05) is 12.5 Å². The average Bonchev–Trinajstić information content (AvgIpc) is 2.65. The van der Waals surface area contributed by atoms with Gasteiger partial charge in [0.15, 0.2) is 5.54 Å². The van der Waals surface area contributed by atoms with Gasteiger partial charge in [-0.1, -0.05) is 38.5 Å². The number of hydrogen-bond donors (Lipinski definition) is 2. The lowest BCUT2D eigenvalue weighted by molar-refractivity contribution is -0.119. The Hall–Kier alpha value is -1.32. The summed E-state index contributed by atoms with van der Waals surface area (Å²) >= 11 is 0. The molecule has 0 radical (unpaired) electrons. The summed E-state index contributed by atoms with van der Waals surface area (Å²) in [5.41, 5.74) is 5.50. The minimum absolute atomic E-state index is 0.0256. The van der Waals surface area contributed by atoms with Gasteiger partial charge in [-0.3, -0.25) is 10.2 Å². The highest BCUT2D eigenvalue weighted by atomic mass is 16.1. The van der Waals surface area contributed by atoms with Gasteiger partial charge >= 0.3 is 0 Å². The molecule has 6 nitrogen and oxygen atoms in total. The van der Waals surface area contributed by atoms with Crippen molar-refractivity contribution in [3.63, 3.8) is 0 Å². The van der Waals surface area contributed by atoms with Gasteiger partial charge < -0.3 is 0 Å². The van der Waals surface area contributed by atoms with Crippen LogP contribution in [0.5, 0.6) is 0 Å². The van der Waals surface area contributed by atoms with Crippen LogP contribution in [-0.4, -0.2) is 29.4 Å². The van der Waals surface area contributed by atoms with Crippen LogP contribution in [0.15, 0.2) is 10.2 Å². The number of carbonyl (C=O) groups excluding carboxylic acids is 1. The van der Waals surface area contributed by atoms with Crippen molar-refractivity contribution in [1.82, 2.24) is 10.9 Å². The van der Waals surface area contributed by atoms with Crippen LogP contribution in [0, 0.1) is 11.3 Å². The minimum Gasteiger partial charge on any atom is -0.298 e. The van der Waals surface area contributed by atoms with Crippen LogP contribution in [0.1, 0.15) is 84.5 Å². The molecule has 0 amide bonds. The molecule has 0 bridgehead atoms. The first-order valence-corrected chi connectivity index (χ1v) is 9.87. The molecule has 0 aromatic rings. The summed E-state index contributed by atoms with van der Waals surface area (Å²) in [6, 6.07) is 2.49. The number of hydrazine groups is 1. The van der Waals surface area contributed by atoms with Crippen molar-refractivity contribution in [3.8, 4) is 6.07 Å². The molecule has 140 valence electrons. The lowest BCUT2D eigenvalue weighted by Crippen LogP contribution is -2.52. The molecule has 0 aliphatic heterocycles. The van der Waals surface area contributed by atoms with Gasteiger partial charge in [-0.2, -0.15) is 15.5 Å². The van der Waals surface area contributed by atoms with Crippen LogP contribution in [0.4, 0.5) is 0 Å². The lowest BCUT2D eigenvalue weighted by atomic mass is 9.93. The Morgan fingerprint density at radius 2 is 1.76 bits per heavy atom. The molecule has 2 aliphatic rings. The van der Waals surface area contributed by atoms with Crippen LogP contribution in [-0.2, 0) is 4.79 Å². The summed E-state index contributed by atoms with van der Waals surface area (Å²) in [5.74, 6) is 0.0256. The van der Waals surface area contributed by atoms with Gasteiger partial charge in [-0.15, -0.1) is 0 Å². The first-order valence-electron chi connectivity index (χ1n) is 9.87. The second kappa shape index (κ2) is 9.98. The first-order chi connectivity index (χ1) is 12.0. The molecule has 25 heavy (non-hydrogen) atoms. The SMILES string of the molecule is CC(=O)C(CC(C)(C#N)N=NC1CCCCC1)NNC1CCCCC1. The van der Waals surface area contributed by atoms with Crippen LogP contribution >= 0.6 is 0 Å². The molecule has 2 atom stereocenters. The van der Waals surface area contributed by atoms with Crippen molar-refractivity contribution in [2.75, 3.05) is 0 Å². The molecule has 0 aromatic carbocycles. The van der Waals surface area contributed by atoms with E-state index in [2.05, 4.69) is 27.1 Å². The normalized spacial score (nSPS) is 23.9. The van der Waals surface area contributed by atoms with Gasteiger partial charge in [0.1, 0.15) is 5.78 Å². The summed E-state index contributed by atoms with van der Waals surface area (Å²) in [6.07, 6.45) is 12.1. The molecule has 0 heterocycles. The molecule has 2 aliphatic carbocycles. The molecular weight excluding hydrogens is 314 g/mol. The summed E-state index contributed by atoms with van der Waals surface area (Å²) in [6.45, 7) is 3.34. The van der Waals surface area contributed by atoms with Crippen molar-refractivity contribution in [3.05, 3.63) is 0 Å². The first kappa shape index (κ1) is 20.0. The van der Waals surface area contributed by atoms with Crippen LogP contribution < -0.4 is 10.9 Å². The third kappa shape index (κ3) is 6.83. The maximum atomic E-state index is 12.0. The van der Waals surface area contributed by atoms with Crippen molar-refractivity contribution >= 4 is 5.78 Å². The highest BCUT2D eigenvalue weighted by Crippen LogP contribution is 2.24. The van der Waals surface area contributed by atoms with E-state index >= 15 is 0 Å². The fourth-order valence-electron chi connectivity index (χ4n) is 3.67. The fourth-order valence-corrected chi connectivity index (χ4v) is 3.67. The minimum atomic E-state index is -0.963. The molecule has 2 saturated carbocycles. The van der Waals surface area contributed by atoms with E-state index in [0.717, 1.165) is 25.7 Å². The summed E-state index contributed by atoms with van der Waals surface area (Å²) in [5, 5.41) is 18.4. The van der Waals surface area contributed by atoms with E-state index in [4.69, 9.17) is 0 Å². The Morgan fingerprint density at radius 1 is 1.16 bits per heavy atom. The molecule has 2 fully saturated rings. The molecule has 6 heteroatoms. The Balaban J connectivity index is 1.90. The molecule has 2 N–H and O–H groups in total. The van der Waals surface area contributed by atoms with Crippen molar-refractivity contribution in [1.29, 1.82) is 5.26 Å². The largest absolute Gasteiger partial charge is 0.298 e. The highest BCUT2D eigenvalue weighted by Gasteiger charge is 2.31. The molecule has 2 unspecified atom stereocenters. The standard InChI is InChI=1S/C19H33N5O/c1-15(25)18(23-21-16-9-5-3-6-10-16)13-19(2,14-20)24-22-17-11-7-4-8-12-17/h16-18,21,23H,3-13H2,1-2H3. The zero-order valence-corrected chi connectivity index (χ0v) is 15.8. The van der Waals surface area contributed by atoms with Gasteiger partial charge in [0.05, 0.1) is 18.2 Å². The summed E-state index contributed by atoms with van der Waals surface area (Å²) in [7, 11) is 0. The number of nitrogens with one attached hydrogen (secondary N) is 2. The average molecular weight is 348 g/mol. The van der Waals surface area contributed by atoms with E-state index in [9.17, 15) is 10.1 Å². The summed E-state index contributed by atoms with van der Waals surface area (Å²) in [4.78, 5) is 12.0. The predicted molar refractivity (Wildman–Crippen MR) is 98.0 cm³/mol. The van der Waals surface area contributed by atoms with Crippen LogP contribution in [0.3, 0.4) is 0 Å². The van der Waals surface area contributed by atoms with Crippen LogP contribution in [0.25, 0.3) is 0 Å². The lowest BCUT2D eigenvalue weighted by Gasteiger charge is -2.28. The van der Waals surface area contributed by atoms with Gasteiger partial charge in [-0.05, 0) is 39.5 Å². The Bertz CT molecular complexity index is 489. The zero-order valence-electron chi connectivity index (χ0n) is 15.8. The quantitative estimate of drug-likeness (QED) is 0.516. The van der Waals surface area contributed by atoms with Crippen molar-refractivity contribution < 1.29 is 4.79 Å². The number of rotatable bonds is 8. The smallest absolute Gasteiger partial charge is 0.166 e. The zero-order chi connectivity index (χ0) is 18.1. The second-order valence-electron chi connectivity index (χ2n) is 7.88. The van der Waals surface area contributed by atoms with E-state index in [1.165, 1.54) is 38.5 Å². The molecule has 2 rings (SSSR count). The molecule has 0 spiro atoms. The number of carbonyl (C=O) groups is 1. The van der Waals surface area contributed by atoms with E-state index in [1.807, 2.05) is 0 Å². The maximum absolute atomic E-state index is 12.0. The number of Topliss-reactive ketones (excluding diaryl/α,β-unsaturated/α-hetero) is 1. The highest BCUT2D eigenvalue weighted by molar-refractivity contribution is 5.81. The topological polar surface area (TPSA) is 89.6 Å². The second-order valence-corrected chi connectivity index (χ2v) is 7.88. The number of azo groups is 1. The van der Waals surface area contributed by atoms with Gasteiger partial charge in [-0.25, -0.2) is 5.43 Å². The molecular formula is C19H33N5O. The number of hydrogen-bond acceptors (Lipinski definition) is 6. The van der Waals surface area contributed by atoms with Crippen molar-refractivity contribution in [2.45, 2.75) is 108 Å². The Kier molecular flexibility index (Phi) is 7.98. The van der Waals surface area contributed by atoms with Gasteiger partial charge in [0.25, 0.3) is 0 Å². The number of nitriles is 1. The van der Waals surface area contributed by atoms with Crippen LogP contribution in [0.2, 0.25) is 0 Å². The molecule has 0 saturated heterocycles. The fraction of sp³-hybridized carbons (Fsp3) is 0.895. The van der Waals surface area contributed by atoms with E-state index in [-0.39, 0.29) is 11.8 Å². The van der Waals surface area contributed by atoms with Crippen molar-refractivity contribution in [2.24, 2.45) is 10.2 Å². The Morgan fingerprint density at radius 3 is 2.32 bits per heavy atom. The Labute approximate surface area is 151 Å².